The first-order chi connectivity index (χ1) is 14.2. The average molecular weight is 425 g/mol. The van der Waals surface area contributed by atoms with Crippen LogP contribution in [0.2, 0.25) is 0 Å². The van der Waals surface area contributed by atoms with Crippen molar-refractivity contribution in [1.82, 2.24) is 4.90 Å². The third kappa shape index (κ3) is 4.41. The number of hydrogen-bond acceptors (Lipinski definition) is 5. The van der Waals surface area contributed by atoms with E-state index in [0.29, 0.717) is 15.8 Å². The maximum Gasteiger partial charge on any atom is 0.335 e. The van der Waals surface area contributed by atoms with Crippen LogP contribution in [0.15, 0.2) is 46.3 Å². The van der Waals surface area contributed by atoms with E-state index in [9.17, 15) is 9.59 Å². The zero-order valence-corrected chi connectivity index (χ0v) is 18.4. The number of benzene rings is 2. The van der Waals surface area contributed by atoms with Gasteiger partial charge in [-0.15, -0.1) is 0 Å². The van der Waals surface area contributed by atoms with Crippen LogP contribution in [0, 0.1) is 6.92 Å². The maximum absolute atomic E-state index is 12.8. The highest BCUT2D eigenvalue weighted by molar-refractivity contribution is 8.18. The van der Waals surface area contributed by atoms with E-state index in [1.54, 1.807) is 26.3 Å². The first-order valence-electron chi connectivity index (χ1n) is 9.49. The van der Waals surface area contributed by atoms with Crippen LogP contribution >= 0.6 is 11.8 Å². The van der Waals surface area contributed by atoms with Gasteiger partial charge in [-0.25, -0.2) is 9.79 Å². The van der Waals surface area contributed by atoms with E-state index in [1.807, 2.05) is 19.1 Å². The van der Waals surface area contributed by atoms with Crippen molar-refractivity contribution < 1.29 is 19.4 Å². The molecule has 6 nitrogen and oxygen atoms in total. The van der Waals surface area contributed by atoms with Gasteiger partial charge in [0.25, 0.3) is 5.91 Å². The number of amidine groups is 1. The molecule has 1 amide bonds. The first kappa shape index (κ1) is 21.6. The molecule has 0 aliphatic carbocycles. The Morgan fingerprint density at radius 2 is 2.00 bits per heavy atom. The molecule has 2 aromatic rings. The van der Waals surface area contributed by atoms with Crippen LogP contribution in [-0.4, -0.2) is 41.2 Å². The summed E-state index contributed by atoms with van der Waals surface area (Å²) in [4.78, 5) is 30.5. The fourth-order valence-electron chi connectivity index (χ4n) is 3.11. The molecule has 0 spiro atoms. The number of rotatable bonds is 5. The molecule has 0 atom stereocenters. The minimum Gasteiger partial charge on any atom is -0.496 e. The second-order valence-electron chi connectivity index (χ2n) is 7.33. The quantitative estimate of drug-likeness (QED) is 0.679. The maximum atomic E-state index is 12.8. The molecule has 1 aliphatic rings. The summed E-state index contributed by atoms with van der Waals surface area (Å²) in [5, 5.41) is 9.66. The van der Waals surface area contributed by atoms with E-state index < -0.39 is 5.97 Å². The number of ether oxygens (including phenoxy) is 1. The van der Waals surface area contributed by atoms with Crippen LogP contribution in [0.3, 0.4) is 0 Å². The van der Waals surface area contributed by atoms with Gasteiger partial charge < -0.3 is 9.84 Å². The molecule has 1 N–H and O–H groups in total. The van der Waals surface area contributed by atoms with Crippen molar-refractivity contribution in [3.63, 3.8) is 0 Å². The van der Waals surface area contributed by atoms with Gasteiger partial charge in [0, 0.05) is 7.05 Å². The molecular formula is C23H24N2O4S. The molecule has 0 unspecified atom stereocenters. The third-order valence-corrected chi connectivity index (χ3v) is 5.91. The lowest BCUT2D eigenvalue weighted by Gasteiger charge is -2.14. The Kier molecular flexibility index (Phi) is 6.31. The van der Waals surface area contributed by atoms with Gasteiger partial charge in [-0.2, -0.15) is 0 Å². The number of aliphatic imine (C=N–C) groups is 1. The van der Waals surface area contributed by atoms with E-state index in [1.165, 1.54) is 28.8 Å². The van der Waals surface area contributed by atoms with Crippen LogP contribution in [0.4, 0.5) is 5.69 Å². The zero-order chi connectivity index (χ0) is 22.0. The normalized spacial score (nSPS) is 16.7. The van der Waals surface area contributed by atoms with Crippen LogP contribution in [0.5, 0.6) is 5.75 Å². The Morgan fingerprint density at radius 3 is 2.63 bits per heavy atom. The summed E-state index contributed by atoms with van der Waals surface area (Å²) in [6, 6.07) is 10.4. The Morgan fingerprint density at radius 1 is 1.27 bits per heavy atom. The lowest BCUT2D eigenvalue weighted by Crippen LogP contribution is -2.23. The number of carboxylic acids is 1. The summed E-state index contributed by atoms with van der Waals surface area (Å²) in [7, 11) is 3.32. The molecule has 7 heteroatoms. The van der Waals surface area contributed by atoms with Gasteiger partial charge in [0.05, 0.1) is 23.3 Å². The minimum absolute atomic E-state index is 0.144. The second kappa shape index (κ2) is 8.75. The zero-order valence-electron chi connectivity index (χ0n) is 17.6. The van der Waals surface area contributed by atoms with Gasteiger partial charge in [0.1, 0.15) is 5.75 Å². The molecule has 0 bridgehead atoms. The molecule has 2 aromatic carbocycles. The van der Waals surface area contributed by atoms with E-state index >= 15 is 0 Å². The molecule has 0 aromatic heterocycles. The monoisotopic (exact) mass is 424 g/mol. The smallest absolute Gasteiger partial charge is 0.335 e. The topological polar surface area (TPSA) is 79.2 Å². The fourth-order valence-corrected chi connectivity index (χ4v) is 4.09. The minimum atomic E-state index is -1.02. The fraction of sp³-hybridized carbons (Fsp3) is 0.261. The number of thioether (sulfide) groups is 1. The molecule has 1 fully saturated rings. The van der Waals surface area contributed by atoms with Gasteiger partial charge >= 0.3 is 5.97 Å². The van der Waals surface area contributed by atoms with Gasteiger partial charge in [0.2, 0.25) is 0 Å². The van der Waals surface area contributed by atoms with Crippen LogP contribution in [-0.2, 0) is 4.79 Å². The Hall–Kier alpha value is -3.06. The van der Waals surface area contributed by atoms with Crippen LogP contribution < -0.4 is 4.74 Å². The molecule has 30 heavy (non-hydrogen) atoms. The molecule has 1 aliphatic heterocycles. The summed E-state index contributed by atoms with van der Waals surface area (Å²) in [5.41, 5.74) is 3.69. The number of aromatic carboxylic acids is 1. The van der Waals surface area contributed by atoms with Crippen molar-refractivity contribution in [2.75, 3.05) is 14.2 Å². The number of amides is 1. The summed E-state index contributed by atoms with van der Waals surface area (Å²) >= 11 is 1.27. The van der Waals surface area contributed by atoms with E-state index in [0.717, 1.165) is 22.4 Å². The van der Waals surface area contributed by atoms with Crippen LogP contribution in [0.1, 0.15) is 46.8 Å². The van der Waals surface area contributed by atoms with Gasteiger partial charge in [-0.1, -0.05) is 19.9 Å². The summed E-state index contributed by atoms with van der Waals surface area (Å²) < 4.78 is 5.50. The highest BCUT2D eigenvalue weighted by Gasteiger charge is 2.30. The van der Waals surface area contributed by atoms with Crippen molar-refractivity contribution >= 4 is 40.6 Å². The largest absolute Gasteiger partial charge is 0.496 e. The van der Waals surface area contributed by atoms with E-state index in [4.69, 9.17) is 9.84 Å². The molecule has 1 saturated heterocycles. The molecular weight excluding hydrogens is 400 g/mol. The van der Waals surface area contributed by atoms with Crippen molar-refractivity contribution in [3.8, 4) is 5.75 Å². The first-order valence-corrected chi connectivity index (χ1v) is 10.3. The Bertz CT molecular complexity index is 1070. The van der Waals surface area contributed by atoms with Gasteiger partial charge in [-0.05, 0) is 77.7 Å². The third-order valence-electron chi connectivity index (χ3n) is 4.85. The lowest BCUT2D eigenvalue weighted by molar-refractivity contribution is -0.121. The van der Waals surface area contributed by atoms with Gasteiger partial charge in [0.15, 0.2) is 5.17 Å². The number of nitrogens with zero attached hydrogens (tertiary/aromatic N) is 2. The predicted octanol–water partition coefficient (Wildman–Crippen LogP) is 5.06. The number of carbonyl (C=O) groups excluding carboxylic acids is 1. The molecule has 1 heterocycles. The molecule has 156 valence electrons. The predicted molar refractivity (Wildman–Crippen MR) is 121 cm³/mol. The second-order valence-corrected chi connectivity index (χ2v) is 8.34. The Balaban J connectivity index is 1.97. The van der Waals surface area contributed by atoms with Crippen molar-refractivity contribution in [2.24, 2.45) is 4.99 Å². The number of methoxy groups -OCH3 is 1. The van der Waals surface area contributed by atoms with Crippen LogP contribution in [0.25, 0.3) is 6.08 Å². The van der Waals surface area contributed by atoms with E-state index in [2.05, 4.69) is 24.9 Å². The highest BCUT2D eigenvalue weighted by Crippen LogP contribution is 2.36. The SMILES string of the molecule is COc1cc(C)c(/C=C2\SC(=Nc3cccc(C(=O)O)c3)N(C)C2=O)cc1C(C)C. The van der Waals surface area contributed by atoms with Gasteiger partial charge in [-0.3, -0.25) is 9.69 Å². The molecule has 0 radical (unpaired) electrons. The van der Waals surface area contributed by atoms with Crippen molar-refractivity contribution in [3.05, 3.63) is 63.6 Å². The van der Waals surface area contributed by atoms with Crippen molar-refractivity contribution in [1.29, 1.82) is 0 Å². The standard InChI is InChI=1S/C23H24N2O4S/c1-13(2)18-11-16(14(3)9-19(18)29-5)12-20-21(26)25(4)23(30-20)24-17-8-6-7-15(10-17)22(27)28/h6-13H,1-5H3,(H,27,28)/b20-12-,24-23?. The number of hydrogen-bond donors (Lipinski definition) is 1. The summed E-state index contributed by atoms with van der Waals surface area (Å²) in [6.07, 6.45) is 1.88. The highest BCUT2D eigenvalue weighted by atomic mass is 32.2. The average Bonchev–Trinajstić information content (AvgIpc) is 2.97. The molecule has 3 rings (SSSR count). The van der Waals surface area contributed by atoms with Crippen molar-refractivity contribution in [2.45, 2.75) is 26.7 Å². The number of carbonyl (C=O) groups is 2. The molecule has 0 saturated carbocycles. The summed E-state index contributed by atoms with van der Waals surface area (Å²) in [5.74, 6) is -0.0368. The van der Waals surface area contributed by atoms with E-state index in [-0.39, 0.29) is 17.4 Å². The number of carboxylic acid groups (broad SMARTS) is 1. The Labute approximate surface area is 180 Å². The number of aryl methyl sites for hydroxylation is 1. The lowest BCUT2D eigenvalue weighted by atomic mass is 9.96. The summed E-state index contributed by atoms with van der Waals surface area (Å²) in [6.45, 7) is 6.19. The number of likely N-dealkylation sites (N-methyl/N-ethyl adjacent to an activating group) is 1.